The summed E-state index contributed by atoms with van der Waals surface area (Å²) >= 11 is 2.24. The molecular formula is C14H18INO2. The molecule has 0 radical (unpaired) electrons. The quantitative estimate of drug-likeness (QED) is 0.612. The molecule has 0 bridgehead atoms. The van der Waals surface area contributed by atoms with E-state index in [1.165, 1.54) is 0 Å². The molecule has 1 aliphatic rings. The van der Waals surface area contributed by atoms with E-state index >= 15 is 0 Å². The van der Waals surface area contributed by atoms with Gasteiger partial charge in [-0.1, -0.05) is 12.1 Å². The Balaban J connectivity index is 1.91. The van der Waals surface area contributed by atoms with Crippen LogP contribution in [0.15, 0.2) is 24.3 Å². The number of ketones is 1. The maximum Gasteiger partial charge on any atom is 0.176 e. The monoisotopic (exact) mass is 359 g/mol. The second-order valence-electron chi connectivity index (χ2n) is 4.69. The first-order chi connectivity index (χ1) is 8.66. The van der Waals surface area contributed by atoms with Crippen LogP contribution in [0.3, 0.4) is 0 Å². The summed E-state index contributed by atoms with van der Waals surface area (Å²) in [4.78, 5) is 14.3. The van der Waals surface area contributed by atoms with Gasteiger partial charge < -0.3 is 4.74 Å². The summed E-state index contributed by atoms with van der Waals surface area (Å²) in [6, 6.07) is 8.24. The second-order valence-corrected chi connectivity index (χ2v) is 5.93. The van der Waals surface area contributed by atoms with Crippen LogP contribution in [-0.2, 0) is 4.74 Å². The van der Waals surface area contributed by atoms with E-state index in [2.05, 4.69) is 27.5 Å². The number of nitrogens with zero attached hydrogens (tertiary/aromatic N) is 1. The molecule has 18 heavy (non-hydrogen) atoms. The molecule has 1 heterocycles. The Morgan fingerprint density at radius 2 is 1.94 bits per heavy atom. The van der Waals surface area contributed by atoms with Gasteiger partial charge >= 0.3 is 0 Å². The standard InChI is InChI=1S/C14H18INO2/c1-16(13-6-8-18-9-7-13)10-14(17)11-2-4-12(15)5-3-11/h2-5,13H,6-10H2,1H3. The number of rotatable bonds is 4. The van der Waals surface area contributed by atoms with Crippen LogP contribution < -0.4 is 0 Å². The van der Waals surface area contributed by atoms with E-state index in [4.69, 9.17) is 4.74 Å². The lowest BCUT2D eigenvalue weighted by molar-refractivity contribution is 0.0418. The van der Waals surface area contributed by atoms with Crippen LogP contribution in [0.4, 0.5) is 0 Å². The number of carbonyl (C=O) groups is 1. The first-order valence-electron chi connectivity index (χ1n) is 6.23. The molecule has 0 amide bonds. The minimum Gasteiger partial charge on any atom is -0.381 e. The highest BCUT2D eigenvalue weighted by Gasteiger charge is 2.20. The van der Waals surface area contributed by atoms with Gasteiger partial charge in [-0.15, -0.1) is 0 Å². The lowest BCUT2D eigenvalue weighted by atomic mass is 10.1. The van der Waals surface area contributed by atoms with Gasteiger partial charge in [-0.2, -0.15) is 0 Å². The minimum atomic E-state index is 0.195. The molecule has 0 unspecified atom stereocenters. The molecule has 0 atom stereocenters. The van der Waals surface area contributed by atoms with Gasteiger partial charge in [-0.25, -0.2) is 0 Å². The third-order valence-corrected chi connectivity index (χ3v) is 4.09. The molecule has 0 aromatic heterocycles. The molecular weight excluding hydrogens is 341 g/mol. The Labute approximate surface area is 122 Å². The predicted molar refractivity (Wildman–Crippen MR) is 80.0 cm³/mol. The molecule has 3 nitrogen and oxygen atoms in total. The van der Waals surface area contributed by atoms with Gasteiger partial charge in [0, 0.05) is 28.4 Å². The smallest absolute Gasteiger partial charge is 0.176 e. The molecule has 1 aromatic rings. The first-order valence-corrected chi connectivity index (χ1v) is 7.31. The molecule has 0 saturated carbocycles. The van der Waals surface area contributed by atoms with Crippen molar-refractivity contribution in [1.29, 1.82) is 0 Å². The van der Waals surface area contributed by atoms with E-state index in [-0.39, 0.29) is 5.78 Å². The zero-order chi connectivity index (χ0) is 13.0. The summed E-state index contributed by atoms with van der Waals surface area (Å²) < 4.78 is 6.49. The van der Waals surface area contributed by atoms with E-state index in [0.717, 1.165) is 35.2 Å². The van der Waals surface area contributed by atoms with Gasteiger partial charge in [-0.05, 0) is 54.6 Å². The largest absolute Gasteiger partial charge is 0.381 e. The molecule has 1 saturated heterocycles. The molecule has 0 spiro atoms. The predicted octanol–water partition coefficient (Wildman–Crippen LogP) is 2.58. The van der Waals surface area contributed by atoms with Crippen LogP contribution in [0.2, 0.25) is 0 Å². The van der Waals surface area contributed by atoms with Crippen molar-refractivity contribution in [3.63, 3.8) is 0 Å². The maximum atomic E-state index is 12.1. The Kier molecular flexibility index (Phi) is 5.14. The van der Waals surface area contributed by atoms with Gasteiger partial charge in [-0.3, -0.25) is 9.69 Å². The zero-order valence-electron chi connectivity index (χ0n) is 10.6. The van der Waals surface area contributed by atoms with Crippen molar-refractivity contribution >= 4 is 28.4 Å². The van der Waals surface area contributed by atoms with Crippen molar-refractivity contribution in [2.75, 3.05) is 26.8 Å². The fraction of sp³-hybridized carbons (Fsp3) is 0.500. The summed E-state index contributed by atoms with van der Waals surface area (Å²) in [5.41, 5.74) is 0.800. The average molecular weight is 359 g/mol. The topological polar surface area (TPSA) is 29.5 Å². The Morgan fingerprint density at radius 1 is 1.33 bits per heavy atom. The van der Waals surface area contributed by atoms with Crippen molar-refractivity contribution in [1.82, 2.24) is 4.90 Å². The van der Waals surface area contributed by atoms with E-state index in [1.54, 1.807) is 0 Å². The van der Waals surface area contributed by atoms with Crippen LogP contribution in [-0.4, -0.2) is 43.5 Å². The third-order valence-electron chi connectivity index (χ3n) is 3.37. The number of halogens is 1. The summed E-state index contributed by atoms with van der Waals surface area (Å²) in [5.74, 6) is 0.195. The molecule has 1 aliphatic heterocycles. The van der Waals surface area contributed by atoms with Gasteiger partial charge in [0.05, 0.1) is 6.54 Å². The van der Waals surface area contributed by atoms with Crippen molar-refractivity contribution in [2.24, 2.45) is 0 Å². The minimum absolute atomic E-state index is 0.195. The van der Waals surface area contributed by atoms with Crippen LogP contribution in [0.5, 0.6) is 0 Å². The van der Waals surface area contributed by atoms with Crippen LogP contribution in [0.1, 0.15) is 23.2 Å². The van der Waals surface area contributed by atoms with Crippen LogP contribution >= 0.6 is 22.6 Å². The Bertz CT molecular complexity index is 399. The number of benzene rings is 1. The van der Waals surface area contributed by atoms with E-state index < -0.39 is 0 Å². The highest BCUT2D eigenvalue weighted by molar-refractivity contribution is 14.1. The van der Waals surface area contributed by atoms with Crippen molar-refractivity contribution in [2.45, 2.75) is 18.9 Å². The highest BCUT2D eigenvalue weighted by atomic mass is 127. The highest BCUT2D eigenvalue weighted by Crippen LogP contribution is 2.14. The Morgan fingerprint density at radius 3 is 2.56 bits per heavy atom. The van der Waals surface area contributed by atoms with Gasteiger partial charge in [0.25, 0.3) is 0 Å². The van der Waals surface area contributed by atoms with E-state index in [1.807, 2.05) is 31.3 Å². The third kappa shape index (κ3) is 3.76. The molecule has 1 fully saturated rings. The average Bonchev–Trinajstić information content (AvgIpc) is 2.40. The number of carbonyl (C=O) groups excluding carboxylic acids is 1. The molecule has 1 aromatic carbocycles. The lowest BCUT2D eigenvalue weighted by Gasteiger charge is -2.30. The van der Waals surface area contributed by atoms with E-state index in [0.29, 0.717) is 12.6 Å². The second kappa shape index (κ2) is 6.63. The number of hydrogen-bond acceptors (Lipinski definition) is 3. The molecule has 4 heteroatoms. The van der Waals surface area contributed by atoms with Crippen molar-refractivity contribution in [3.05, 3.63) is 33.4 Å². The summed E-state index contributed by atoms with van der Waals surface area (Å²) in [6.07, 6.45) is 2.05. The van der Waals surface area contributed by atoms with Crippen LogP contribution in [0.25, 0.3) is 0 Å². The molecule has 0 aliphatic carbocycles. The van der Waals surface area contributed by atoms with Crippen LogP contribution in [0, 0.1) is 3.57 Å². The van der Waals surface area contributed by atoms with Crippen molar-refractivity contribution in [3.8, 4) is 0 Å². The van der Waals surface area contributed by atoms with Gasteiger partial charge in [0.1, 0.15) is 0 Å². The summed E-state index contributed by atoms with van der Waals surface area (Å²) in [5, 5.41) is 0. The van der Waals surface area contributed by atoms with Gasteiger partial charge in [0.2, 0.25) is 0 Å². The zero-order valence-corrected chi connectivity index (χ0v) is 12.7. The lowest BCUT2D eigenvalue weighted by Crippen LogP contribution is -2.39. The SMILES string of the molecule is CN(CC(=O)c1ccc(I)cc1)C1CCOCC1. The first kappa shape index (κ1) is 14.0. The fourth-order valence-corrected chi connectivity index (χ4v) is 2.57. The number of Topliss-reactive ketones (excluding diaryl/α,β-unsaturated/α-hetero) is 1. The van der Waals surface area contributed by atoms with E-state index in [9.17, 15) is 4.79 Å². The number of likely N-dealkylation sites (N-methyl/N-ethyl adjacent to an activating group) is 1. The molecule has 98 valence electrons. The number of hydrogen-bond donors (Lipinski definition) is 0. The van der Waals surface area contributed by atoms with Crippen molar-refractivity contribution < 1.29 is 9.53 Å². The molecule has 2 rings (SSSR count). The molecule has 0 N–H and O–H groups in total. The maximum absolute atomic E-state index is 12.1. The summed E-state index contributed by atoms with van der Waals surface area (Å²) in [7, 11) is 2.03. The fourth-order valence-electron chi connectivity index (χ4n) is 2.21. The normalized spacial score (nSPS) is 17.1. The number of ether oxygens (including phenoxy) is 1. The Hall–Kier alpha value is -0.460. The van der Waals surface area contributed by atoms with Gasteiger partial charge in [0.15, 0.2) is 5.78 Å². The summed E-state index contributed by atoms with van der Waals surface area (Å²) in [6.45, 7) is 2.12.